The maximum Gasteiger partial charge on any atom is 0.416 e. The van der Waals surface area contributed by atoms with Gasteiger partial charge in [-0.05, 0) is 35.9 Å². The second-order valence-corrected chi connectivity index (χ2v) is 6.51. The minimum absolute atomic E-state index is 0.000826. The van der Waals surface area contributed by atoms with Crippen molar-refractivity contribution in [1.82, 2.24) is 0 Å². The number of hydrogen-bond donors (Lipinski definition) is 0. The molecule has 3 rings (SSSR count). The summed E-state index contributed by atoms with van der Waals surface area (Å²) in [5.41, 5.74) is -2.76. The van der Waals surface area contributed by atoms with Gasteiger partial charge in [-0.15, -0.1) is 0 Å². The predicted molar refractivity (Wildman–Crippen MR) is 99.8 cm³/mol. The summed E-state index contributed by atoms with van der Waals surface area (Å²) >= 11 is 0. The van der Waals surface area contributed by atoms with Gasteiger partial charge in [0.15, 0.2) is 0 Å². The van der Waals surface area contributed by atoms with E-state index >= 15 is 0 Å². The Kier molecular flexibility index (Phi) is 5.87. The summed E-state index contributed by atoms with van der Waals surface area (Å²) in [6.45, 7) is -0.0265. The first kappa shape index (κ1) is 21.4. The van der Waals surface area contributed by atoms with E-state index in [4.69, 9.17) is 0 Å². The van der Waals surface area contributed by atoms with Crippen molar-refractivity contribution in [2.45, 2.75) is 18.9 Å². The zero-order valence-corrected chi connectivity index (χ0v) is 15.3. The van der Waals surface area contributed by atoms with Gasteiger partial charge in [0.05, 0.1) is 17.7 Å². The van der Waals surface area contributed by atoms with Gasteiger partial charge in [-0.1, -0.05) is 48.5 Å². The van der Waals surface area contributed by atoms with Crippen molar-refractivity contribution in [2.75, 3.05) is 4.90 Å². The molecule has 0 saturated carbocycles. The number of carbonyl (C=O) groups is 1. The van der Waals surface area contributed by atoms with Crippen LogP contribution in [0.4, 0.5) is 32.0 Å². The lowest BCUT2D eigenvalue weighted by molar-refractivity contribution is -0.143. The van der Waals surface area contributed by atoms with E-state index in [1.807, 2.05) is 0 Å². The van der Waals surface area contributed by atoms with E-state index in [1.54, 1.807) is 60.7 Å². The van der Waals surface area contributed by atoms with Gasteiger partial charge in [-0.2, -0.15) is 26.3 Å². The average Bonchev–Trinajstić information content (AvgIpc) is 2.71. The first-order valence-electron chi connectivity index (χ1n) is 8.76. The van der Waals surface area contributed by atoms with Crippen LogP contribution in [0.25, 0.3) is 0 Å². The molecule has 0 N–H and O–H groups in total. The highest BCUT2D eigenvalue weighted by molar-refractivity contribution is 6.06. The number of nitrogens with zero attached hydrogens (tertiary/aromatic N) is 1. The molecule has 0 spiro atoms. The molecule has 0 aliphatic heterocycles. The smallest absolute Gasteiger partial charge is 0.304 e. The molecule has 0 aromatic heterocycles. The van der Waals surface area contributed by atoms with Crippen LogP contribution in [0, 0.1) is 0 Å². The molecule has 0 aliphatic carbocycles. The minimum atomic E-state index is -5.03. The van der Waals surface area contributed by atoms with Crippen molar-refractivity contribution in [1.29, 1.82) is 0 Å². The zero-order chi connectivity index (χ0) is 21.9. The lowest BCUT2D eigenvalue weighted by Gasteiger charge is -2.24. The van der Waals surface area contributed by atoms with Crippen molar-refractivity contribution in [2.24, 2.45) is 0 Å². The van der Waals surface area contributed by atoms with Gasteiger partial charge in [-0.3, -0.25) is 4.79 Å². The lowest BCUT2D eigenvalue weighted by Crippen LogP contribution is -2.31. The van der Waals surface area contributed by atoms with E-state index in [2.05, 4.69) is 0 Å². The number of para-hydroxylation sites is 1. The summed E-state index contributed by atoms with van der Waals surface area (Å²) in [7, 11) is 0. The van der Waals surface area contributed by atoms with E-state index < -0.39 is 35.0 Å². The van der Waals surface area contributed by atoms with Crippen LogP contribution < -0.4 is 4.90 Å². The SMILES string of the molecule is O=C(c1cc(C(F)(F)F)cc(C(F)(F)F)c1)N(Cc1ccccc1)c1ccccc1. The maximum absolute atomic E-state index is 13.2. The number of alkyl halides is 6. The normalized spacial score (nSPS) is 11.9. The number of amides is 1. The standard InChI is InChI=1S/C22H15F6NO/c23-21(24,25)17-11-16(12-18(13-17)22(26,27)28)20(30)29(19-9-5-2-6-10-19)14-15-7-3-1-4-8-15/h1-13H,14H2. The fourth-order valence-corrected chi connectivity index (χ4v) is 2.89. The van der Waals surface area contributed by atoms with Crippen molar-refractivity contribution in [3.63, 3.8) is 0 Å². The molecule has 8 heteroatoms. The van der Waals surface area contributed by atoms with Gasteiger partial charge in [0.1, 0.15) is 0 Å². The molecule has 0 atom stereocenters. The predicted octanol–water partition coefficient (Wildman–Crippen LogP) is 6.57. The van der Waals surface area contributed by atoms with Gasteiger partial charge < -0.3 is 4.90 Å². The number of rotatable bonds is 4. The molecule has 3 aromatic rings. The number of carbonyl (C=O) groups excluding carboxylic acids is 1. The fourth-order valence-electron chi connectivity index (χ4n) is 2.89. The Bertz CT molecular complexity index is 981. The van der Waals surface area contributed by atoms with Gasteiger partial charge in [0, 0.05) is 11.3 Å². The summed E-state index contributed by atoms with van der Waals surface area (Å²) in [6.07, 6.45) is -10.1. The molecular weight excluding hydrogens is 408 g/mol. The summed E-state index contributed by atoms with van der Waals surface area (Å²) in [5.74, 6) is -0.971. The summed E-state index contributed by atoms with van der Waals surface area (Å²) in [5, 5.41) is 0. The molecule has 0 aliphatic rings. The Balaban J connectivity index is 2.10. The number of benzene rings is 3. The summed E-state index contributed by atoms with van der Waals surface area (Å²) in [4.78, 5) is 14.2. The molecule has 30 heavy (non-hydrogen) atoms. The summed E-state index contributed by atoms with van der Waals surface area (Å²) < 4.78 is 79.1. The van der Waals surface area contributed by atoms with Crippen LogP contribution in [0.1, 0.15) is 27.0 Å². The molecule has 0 fully saturated rings. The molecule has 0 radical (unpaired) electrons. The molecular formula is C22H15F6NO. The van der Waals surface area contributed by atoms with Crippen LogP contribution in [0.5, 0.6) is 0 Å². The average molecular weight is 423 g/mol. The summed E-state index contributed by atoms with van der Waals surface area (Å²) in [6, 6.07) is 17.5. The maximum atomic E-state index is 13.2. The van der Waals surface area contributed by atoms with Crippen LogP contribution >= 0.6 is 0 Å². The monoisotopic (exact) mass is 423 g/mol. The van der Waals surface area contributed by atoms with Gasteiger partial charge in [-0.25, -0.2) is 0 Å². The van der Waals surface area contributed by atoms with Gasteiger partial charge in [0.2, 0.25) is 0 Å². The highest BCUT2D eigenvalue weighted by atomic mass is 19.4. The van der Waals surface area contributed by atoms with Gasteiger partial charge in [0.25, 0.3) is 5.91 Å². The molecule has 0 bridgehead atoms. The molecule has 3 aromatic carbocycles. The Hall–Kier alpha value is -3.29. The molecule has 1 amide bonds. The van der Waals surface area contributed by atoms with Gasteiger partial charge >= 0.3 is 12.4 Å². The topological polar surface area (TPSA) is 20.3 Å². The van der Waals surface area contributed by atoms with Crippen LogP contribution in [0.2, 0.25) is 0 Å². The van der Waals surface area contributed by atoms with E-state index in [9.17, 15) is 31.1 Å². The van der Waals surface area contributed by atoms with E-state index in [0.29, 0.717) is 23.4 Å². The van der Waals surface area contributed by atoms with E-state index in [-0.39, 0.29) is 12.6 Å². The molecule has 0 unspecified atom stereocenters. The van der Waals surface area contributed by atoms with Crippen LogP contribution in [0.15, 0.2) is 78.9 Å². The molecule has 0 saturated heterocycles. The zero-order valence-electron chi connectivity index (χ0n) is 15.3. The van der Waals surface area contributed by atoms with Crippen LogP contribution in [0.3, 0.4) is 0 Å². The Morgan fingerprint density at radius 1 is 0.700 bits per heavy atom. The molecule has 2 nitrogen and oxygen atoms in total. The quantitative estimate of drug-likeness (QED) is 0.435. The van der Waals surface area contributed by atoms with Crippen LogP contribution in [-0.4, -0.2) is 5.91 Å². The fraction of sp³-hybridized carbons (Fsp3) is 0.136. The van der Waals surface area contributed by atoms with E-state index in [0.717, 1.165) is 4.90 Å². The third kappa shape index (κ3) is 5.00. The lowest BCUT2D eigenvalue weighted by atomic mass is 10.0. The highest BCUT2D eigenvalue weighted by Crippen LogP contribution is 2.37. The first-order chi connectivity index (χ1) is 14.1. The van der Waals surface area contributed by atoms with E-state index in [1.165, 1.54) is 0 Å². The third-order valence-electron chi connectivity index (χ3n) is 4.33. The molecule has 156 valence electrons. The highest BCUT2D eigenvalue weighted by Gasteiger charge is 2.38. The molecule has 0 heterocycles. The van der Waals surface area contributed by atoms with Crippen molar-refractivity contribution < 1.29 is 31.1 Å². The largest absolute Gasteiger partial charge is 0.416 e. The second kappa shape index (κ2) is 8.22. The first-order valence-corrected chi connectivity index (χ1v) is 8.76. The Morgan fingerprint density at radius 3 is 1.63 bits per heavy atom. The minimum Gasteiger partial charge on any atom is -0.304 e. The Morgan fingerprint density at radius 2 is 1.17 bits per heavy atom. The van der Waals surface area contributed by atoms with Crippen molar-refractivity contribution in [3.05, 3.63) is 101 Å². The third-order valence-corrected chi connectivity index (χ3v) is 4.33. The second-order valence-electron chi connectivity index (χ2n) is 6.51. The van der Waals surface area contributed by atoms with Crippen molar-refractivity contribution in [3.8, 4) is 0 Å². The Labute approximate surface area is 168 Å². The number of anilines is 1. The van der Waals surface area contributed by atoms with Crippen molar-refractivity contribution >= 4 is 11.6 Å². The van der Waals surface area contributed by atoms with Crippen LogP contribution in [-0.2, 0) is 18.9 Å². The number of halogens is 6. The number of hydrogen-bond acceptors (Lipinski definition) is 1.